The van der Waals surface area contributed by atoms with Gasteiger partial charge in [0.2, 0.25) is 0 Å². The predicted octanol–water partition coefficient (Wildman–Crippen LogP) is 12.2. The van der Waals surface area contributed by atoms with Crippen molar-refractivity contribution in [2.45, 2.75) is 12.8 Å². The highest BCUT2D eigenvalue weighted by molar-refractivity contribution is 7.25. The molecular formula is C47H30N4S. The number of nitrogens with zero attached hydrogens (tertiary/aromatic N) is 4. The second-order valence-corrected chi connectivity index (χ2v) is 14.6. The van der Waals surface area contributed by atoms with Crippen molar-refractivity contribution in [3.8, 4) is 22.8 Å². The van der Waals surface area contributed by atoms with Gasteiger partial charge in [0.05, 0.1) is 16.7 Å². The summed E-state index contributed by atoms with van der Waals surface area (Å²) in [5.41, 5.74) is 9.15. The lowest BCUT2D eigenvalue weighted by atomic mass is 9.88. The third-order valence-electron chi connectivity index (χ3n) is 10.6. The van der Waals surface area contributed by atoms with E-state index in [0.29, 0.717) is 11.6 Å². The molecule has 0 aliphatic heterocycles. The molecule has 0 radical (unpaired) electrons. The topological polar surface area (TPSA) is 43.6 Å². The van der Waals surface area contributed by atoms with Crippen LogP contribution in [0.3, 0.4) is 0 Å². The normalized spacial score (nSPS) is 13.2. The van der Waals surface area contributed by atoms with Crippen molar-refractivity contribution in [3.05, 3.63) is 175 Å². The van der Waals surface area contributed by atoms with Crippen LogP contribution in [-0.2, 0) is 6.42 Å². The molecule has 0 saturated carbocycles. The molecule has 3 heterocycles. The van der Waals surface area contributed by atoms with E-state index in [9.17, 15) is 0 Å². The summed E-state index contributed by atoms with van der Waals surface area (Å²) in [5.74, 6) is 2.09. The summed E-state index contributed by atoms with van der Waals surface area (Å²) in [5, 5.41) is 7.41. The minimum absolute atomic E-state index is 0.677. The van der Waals surface area contributed by atoms with Gasteiger partial charge in [0, 0.05) is 53.2 Å². The van der Waals surface area contributed by atoms with Crippen molar-refractivity contribution in [1.82, 2.24) is 19.5 Å². The summed E-state index contributed by atoms with van der Waals surface area (Å²) >= 11 is 1.81. The van der Waals surface area contributed by atoms with Gasteiger partial charge in [-0.25, -0.2) is 15.0 Å². The SMILES string of the molecule is c1ccc(-c2nc(C3=C(n4c5ccccc5c5c6ccccc6ccc54)c4ccccc4CC3)nc(-c3cccc4sc5ccccc5c34)n2)cc1. The highest BCUT2D eigenvalue weighted by Crippen LogP contribution is 2.45. The number of aryl methyl sites for hydroxylation is 1. The molecule has 7 aromatic carbocycles. The van der Waals surface area contributed by atoms with E-state index in [2.05, 4.69) is 156 Å². The lowest BCUT2D eigenvalue weighted by molar-refractivity contribution is 0.937. The van der Waals surface area contributed by atoms with Crippen LogP contribution in [0.25, 0.3) is 86.8 Å². The van der Waals surface area contributed by atoms with Crippen LogP contribution in [0.5, 0.6) is 0 Å². The van der Waals surface area contributed by atoms with Crippen molar-refractivity contribution >= 4 is 75.4 Å². The molecular weight excluding hydrogens is 653 g/mol. The molecule has 0 unspecified atom stereocenters. The zero-order valence-corrected chi connectivity index (χ0v) is 28.9. The zero-order valence-electron chi connectivity index (χ0n) is 28.1. The second kappa shape index (κ2) is 11.6. The molecule has 11 rings (SSSR count). The second-order valence-electron chi connectivity index (χ2n) is 13.5. The first kappa shape index (κ1) is 29.3. The third kappa shape index (κ3) is 4.43. The molecule has 1 aliphatic rings. The van der Waals surface area contributed by atoms with Crippen LogP contribution in [0.2, 0.25) is 0 Å². The van der Waals surface area contributed by atoms with Crippen molar-refractivity contribution in [2.75, 3.05) is 0 Å². The summed E-state index contributed by atoms with van der Waals surface area (Å²) in [6.45, 7) is 0. The van der Waals surface area contributed by atoms with Gasteiger partial charge in [-0.2, -0.15) is 0 Å². The van der Waals surface area contributed by atoms with Gasteiger partial charge < -0.3 is 4.57 Å². The van der Waals surface area contributed by atoms with Gasteiger partial charge in [-0.15, -0.1) is 11.3 Å². The Balaban J connectivity index is 1.26. The van der Waals surface area contributed by atoms with Crippen molar-refractivity contribution in [1.29, 1.82) is 0 Å². The molecule has 3 aromatic heterocycles. The predicted molar refractivity (Wildman–Crippen MR) is 218 cm³/mol. The molecule has 0 bridgehead atoms. The molecule has 0 spiro atoms. The number of hydrogen-bond donors (Lipinski definition) is 0. The fourth-order valence-corrected chi connectivity index (χ4v) is 9.40. The van der Waals surface area contributed by atoms with Crippen molar-refractivity contribution in [2.24, 2.45) is 0 Å². The lowest BCUT2D eigenvalue weighted by Crippen LogP contribution is -2.13. The number of para-hydroxylation sites is 1. The van der Waals surface area contributed by atoms with E-state index in [4.69, 9.17) is 15.0 Å². The smallest absolute Gasteiger partial charge is 0.164 e. The van der Waals surface area contributed by atoms with Crippen molar-refractivity contribution < 1.29 is 0 Å². The standard InChI is InChI=1S/C47H30N4S/c1-2-15-31(16-3-1)45-48-46(36-21-12-24-41-43(36)35-20-9-11-23-40(35)52-41)50-47(49-45)37-27-25-30-14-5-7-18-33(30)44(37)51-38-22-10-8-19-34(38)42-32-17-6-4-13-29(32)26-28-39(42)51/h1-24,26,28H,25,27H2. The summed E-state index contributed by atoms with van der Waals surface area (Å²) in [4.78, 5) is 16.0. The van der Waals surface area contributed by atoms with Gasteiger partial charge >= 0.3 is 0 Å². The van der Waals surface area contributed by atoms with E-state index in [0.717, 1.165) is 41.1 Å². The van der Waals surface area contributed by atoms with Crippen LogP contribution in [0.15, 0.2) is 158 Å². The summed E-state index contributed by atoms with van der Waals surface area (Å²) in [6, 6.07) is 56.4. The van der Waals surface area contributed by atoms with E-state index in [1.54, 1.807) is 0 Å². The molecule has 4 nitrogen and oxygen atoms in total. The number of rotatable bonds is 4. The summed E-state index contributed by atoms with van der Waals surface area (Å²) in [6.07, 6.45) is 1.71. The molecule has 1 aliphatic carbocycles. The molecule has 244 valence electrons. The van der Waals surface area contributed by atoms with Crippen LogP contribution in [0.4, 0.5) is 0 Å². The van der Waals surface area contributed by atoms with Crippen LogP contribution in [0.1, 0.15) is 23.4 Å². The van der Waals surface area contributed by atoms with Gasteiger partial charge in [0.1, 0.15) is 0 Å². The zero-order chi connectivity index (χ0) is 34.2. The van der Waals surface area contributed by atoms with Gasteiger partial charge in [-0.3, -0.25) is 0 Å². The lowest BCUT2D eigenvalue weighted by Gasteiger charge is -2.25. The first-order valence-electron chi connectivity index (χ1n) is 17.8. The molecule has 0 saturated heterocycles. The van der Waals surface area contributed by atoms with Crippen LogP contribution >= 0.6 is 11.3 Å². The van der Waals surface area contributed by atoms with E-state index in [1.165, 1.54) is 63.9 Å². The monoisotopic (exact) mass is 682 g/mol. The number of allylic oxidation sites excluding steroid dienone is 1. The van der Waals surface area contributed by atoms with Gasteiger partial charge in [0.25, 0.3) is 0 Å². The third-order valence-corrected chi connectivity index (χ3v) is 11.7. The Bertz CT molecular complexity index is 3080. The van der Waals surface area contributed by atoms with Crippen LogP contribution < -0.4 is 0 Å². The summed E-state index contributed by atoms with van der Waals surface area (Å²) in [7, 11) is 0. The highest BCUT2D eigenvalue weighted by Gasteiger charge is 2.28. The maximum absolute atomic E-state index is 5.44. The van der Waals surface area contributed by atoms with Gasteiger partial charge in [0.15, 0.2) is 17.5 Å². The Morgan fingerprint density at radius 3 is 2.06 bits per heavy atom. The number of benzene rings is 7. The van der Waals surface area contributed by atoms with Crippen LogP contribution in [-0.4, -0.2) is 19.5 Å². The molecule has 0 N–H and O–H groups in total. The molecule has 10 aromatic rings. The van der Waals surface area contributed by atoms with E-state index < -0.39 is 0 Å². The minimum atomic E-state index is 0.677. The largest absolute Gasteiger partial charge is 0.308 e. The maximum atomic E-state index is 5.44. The van der Waals surface area contributed by atoms with Crippen LogP contribution in [0, 0.1) is 0 Å². The minimum Gasteiger partial charge on any atom is -0.308 e. The Hall–Kier alpha value is -6.43. The van der Waals surface area contributed by atoms with E-state index in [-0.39, 0.29) is 0 Å². The maximum Gasteiger partial charge on any atom is 0.164 e. The average Bonchev–Trinajstić information content (AvgIpc) is 3.77. The van der Waals surface area contributed by atoms with E-state index in [1.807, 2.05) is 17.4 Å². The Labute approximate surface area is 304 Å². The quantitative estimate of drug-likeness (QED) is 0.186. The number of aromatic nitrogens is 4. The Kier molecular flexibility index (Phi) is 6.51. The fraction of sp³-hybridized carbons (Fsp3) is 0.0426. The fourth-order valence-electron chi connectivity index (χ4n) is 8.27. The number of hydrogen-bond acceptors (Lipinski definition) is 4. The van der Waals surface area contributed by atoms with Gasteiger partial charge in [-0.1, -0.05) is 133 Å². The first-order valence-corrected chi connectivity index (χ1v) is 18.6. The van der Waals surface area contributed by atoms with E-state index >= 15 is 0 Å². The molecule has 52 heavy (non-hydrogen) atoms. The molecule has 0 atom stereocenters. The summed E-state index contributed by atoms with van der Waals surface area (Å²) < 4.78 is 4.96. The van der Waals surface area contributed by atoms with Gasteiger partial charge in [-0.05, 0) is 53.4 Å². The highest BCUT2D eigenvalue weighted by atomic mass is 32.1. The Morgan fingerprint density at radius 2 is 1.13 bits per heavy atom. The number of fused-ring (bicyclic) bond motifs is 9. The molecule has 0 fully saturated rings. The first-order chi connectivity index (χ1) is 25.8. The average molecular weight is 683 g/mol. The Morgan fingerprint density at radius 1 is 0.442 bits per heavy atom. The van der Waals surface area contributed by atoms with Crippen molar-refractivity contribution in [3.63, 3.8) is 0 Å². The number of thiophene rings is 1. The molecule has 5 heteroatoms. The molecule has 0 amide bonds.